The van der Waals surface area contributed by atoms with Crippen LogP contribution in [0.4, 0.5) is 0 Å². The number of benzene rings is 2. The molecule has 0 saturated carbocycles. The normalized spacial score (nSPS) is 11.0. The van der Waals surface area contributed by atoms with Crippen molar-refractivity contribution in [3.8, 4) is 22.0 Å². The molecule has 0 aliphatic rings. The summed E-state index contributed by atoms with van der Waals surface area (Å²) in [5.74, 6) is 0.814. The summed E-state index contributed by atoms with van der Waals surface area (Å²) in [6.45, 7) is 3.06. The number of rotatable bonds is 7. The highest BCUT2D eigenvalue weighted by Gasteiger charge is 2.23. The predicted molar refractivity (Wildman–Crippen MR) is 136 cm³/mol. The molecule has 34 heavy (non-hydrogen) atoms. The molecule has 5 rings (SSSR count). The highest BCUT2D eigenvalue weighted by Crippen LogP contribution is 2.32. The van der Waals surface area contributed by atoms with Gasteiger partial charge in [0.15, 0.2) is 0 Å². The molecule has 1 amide bonds. The van der Waals surface area contributed by atoms with Crippen LogP contribution in [0.2, 0.25) is 0 Å². The van der Waals surface area contributed by atoms with Crippen LogP contribution >= 0.6 is 11.3 Å². The minimum atomic E-state index is -0.0145. The Morgan fingerprint density at radius 3 is 2.47 bits per heavy atom. The van der Waals surface area contributed by atoms with Crippen molar-refractivity contribution >= 4 is 17.2 Å². The molecular weight excluding hydrogens is 442 g/mol. The largest absolute Gasteiger partial charge is 0.467 e. The number of nitrogens with zero attached hydrogens (tertiary/aromatic N) is 3. The quantitative estimate of drug-likeness (QED) is 0.274. The van der Waals surface area contributed by atoms with Gasteiger partial charge in [-0.15, -0.1) is 11.3 Å². The first-order chi connectivity index (χ1) is 16.6. The van der Waals surface area contributed by atoms with Crippen molar-refractivity contribution in [3.05, 3.63) is 113 Å². The van der Waals surface area contributed by atoms with E-state index in [1.54, 1.807) is 22.5 Å². The van der Waals surface area contributed by atoms with Gasteiger partial charge in [-0.2, -0.15) is 0 Å². The Labute approximate surface area is 202 Å². The number of aromatic nitrogens is 2. The SMILES string of the molecule is Cc1c(C(=O)N(C)Cc2ccccc2)cc(-c2csc(-c3ccccc3)n2)n1Cc1ccco1. The van der Waals surface area contributed by atoms with Crippen molar-refractivity contribution in [1.29, 1.82) is 0 Å². The molecule has 0 unspecified atom stereocenters. The first kappa shape index (κ1) is 21.9. The number of hydrogen-bond acceptors (Lipinski definition) is 4. The molecule has 0 N–H and O–H groups in total. The van der Waals surface area contributed by atoms with Gasteiger partial charge in [0, 0.05) is 30.2 Å². The summed E-state index contributed by atoms with van der Waals surface area (Å²) in [5, 5.41) is 3.01. The lowest BCUT2D eigenvalue weighted by Gasteiger charge is -2.17. The van der Waals surface area contributed by atoms with Gasteiger partial charge in [-0.25, -0.2) is 4.98 Å². The Kier molecular flexibility index (Phi) is 6.14. The zero-order chi connectivity index (χ0) is 23.5. The Hall–Kier alpha value is -3.90. The average Bonchev–Trinajstić information content (AvgIpc) is 3.62. The van der Waals surface area contributed by atoms with E-state index in [2.05, 4.69) is 22.1 Å². The van der Waals surface area contributed by atoms with Crippen molar-refractivity contribution < 1.29 is 9.21 Å². The van der Waals surface area contributed by atoms with E-state index in [1.165, 1.54) is 0 Å². The average molecular weight is 468 g/mol. The van der Waals surface area contributed by atoms with E-state index in [9.17, 15) is 4.79 Å². The summed E-state index contributed by atoms with van der Waals surface area (Å²) in [4.78, 5) is 20.1. The molecule has 3 aromatic heterocycles. The fraction of sp³-hybridized carbons (Fsp3) is 0.143. The van der Waals surface area contributed by atoms with Gasteiger partial charge < -0.3 is 13.9 Å². The molecule has 0 saturated heterocycles. The monoisotopic (exact) mass is 467 g/mol. The third-order valence-electron chi connectivity index (χ3n) is 5.89. The Balaban J connectivity index is 1.51. The maximum absolute atomic E-state index is 13.5. The number of carbonyl (C=O) groups excluding carboxylic acids is 1. The summed E-state index contributed by atoms with van der Waals surface area (Å²) in [6.07, 6.45) is 1.67. The van der Waals surface area contributed by atoms with Gasteiger partial charge in [-0.05, 0) is 30.7 Å². The van der Waals surface area contributed by atoms with Crippen LogP contribution in [0.1, 0.15) is 27.4 Å². The zero-order valence-corrected chi connectivity index (χ0v) is 20.0. The molecular formula is C28H25N3O2S. The van der Waals surface area contributed by atoms with Crippen molar-refractivity contribution in [2.45, 2.75) is 20.0 Å². The van der Waals surface area contributed by atoms with E-state index < -0.39 is 0 Å². The van der Waals surface area contributed by atoms with Gasteiger partial charge in [-0.3, -0.25) is 4.79 Å². The van der Waals surface area contributed by atoms with Crippen molar-refractivity contribution in [3.63, 3.8) is 0 Å². The number of hydrogen-bond donors (Lipinski definition) is 0. The number of carbonyl (C=O) groups is 1. The molecule has 0 fully saturated rings. The summed E-state index contributed by atoms with van der Waals surface area (Å²) in [6, 6.07) is 26.0. The minimum absolute atomic E-state index is 0.0145. The molecule has 3 heterocycles. The smallest absolute Gasteiger partial charge is 0.255 e. The van der Waals surface area contributed by atoms with Gasteiger partial charge in [0.2, 0.25) is 0 Å². The molecule has 2 aromatic carbocycles. The number of furan rings is 1. The fourth-order valence-corrected chi connectivity index (χ4v) is 4.90. The van der Waals surface area contributed by atoms with Crippen LogP contribution in [-0.2, 0) is 13.1 Å². The van der Waals surface area contributed by atoms with Crippen molar-refractivity contribution in [2.75, 3.05) is 7.05 Å². The van der Waals surface area contributed by atoms with E-state index in [-0.39, 0.29) is 5.91 Å². The van der Waals surface area contributed by atoms with Gasteiger partial charge in [0.05, 0.1) is 29.8 Å². The Morgan fingerprint density at radius 2 is 1.76 bits per heavy atom. The molecule has 0 aliphatic heterocycles. The Morgan fingerprint density at radius 1 is 1.03 bits per heavy atom. The summed E-state index contributed by atoms with van der Waals surface area (Å²) >= 11 is 1.60. The summed E-state index contributed by atoms with van der Waals surface area (Å²) in [5.41, 5.74) is 5.50. The van der Waals surface area contributed by atoms with Crippen LogP contribution in [0.25, 0.3) is 22.0 Å². The third-order valence-corrected chi connectivity index (χ3v) is 6.78. The second-order valence-corrected chi connectivity index (χ2v) is 9.10. The van der Waals surface area contributed by atoms with Crippen LogP contribution in [0.15, 0.2) is 94.9 Å². The number of thiazole rings is 1. The van der Waals surface area contributed by atoms with E-state index >= 15 is 0 Å². The number of amides is 1. The van der Waals surface area contributed by atoms with Gasteiger partial charge in [0.25, 0.3) is 5.91 Å². The van der Waals surface area contributed by atoms with Crippen molar-refractivity contribution in [2.24, 2.45) is 0 Å². The summed E-state index contributed by atoms with van der Waals surface area (Å²) < 4.78 is 7.74. The van der Waals surface area contributed by atoms with Crippen LogP contribution in [-0.4, -0.2) is 27.4 Å². The minimum Gasteiger partial charge on any atom is -0.467 e. The molecule has 0 spiro atoms. The van der Waals surface area contributed by atoms with Crippen LogP contribution in [0.3, 0.4) is 0 Å². The molecule has 6 heteroatoms. The lowest BCUT2D eigenvalue weighted by molar-refractivity contribution is 0.0784. The van der Waals surface area contributed by atoms with Gasteiger partial charge in [0.1, 0.15) is 10.8 Å². The zero-order valence-electron chi connectivity index (χ0n) is 19.1. The first-order valence-corrected chi connectivity index (χ1v) is 12.0. The molecule has 0 radical (unpaired) electrons. The van der Waals surface area contributed by atoms with Crippen LogP contribution in [0.5, 0.6) is 0 Å². The molecule has 5 aromatic rings. The second-order valence-electron chi connectivity index (χ2n) is 8.24. The van der Waals surface area contributed by atoms with Crippen LogP contribution < -0.4 is 0 Å². The molecule has 0 bridgehead atoms. The van der Waals surface area contributed by atoms with E-state index in [4.69, 9.17) is 9.40 Å². The molecule has 0 aliphatic carbocycles. The highest BCUT2D eigenvalue weighted by atomic mass is 32.1. The maximum Gasteiger partial charge on any atom is 0.255 e. The standard InChI is InChI=1S/C28H25N3O2S/c1-20-24(28(32)30(2)17-21-10-5-3-6-11-21)16-26(31(20)18-23-14-9-15-33-23)25-19-34-27(29-25)22-12-7-4-8-13-22/h3-16,19H,17-18H2,1-2H3. The van der Waals surface area contributed by atoms with Gasteiger partial charge >= 0.3 is 0 Å². The fourth-order valence-electron chi connectivity index (χ4n) is 4.08. The first-order valence-electron chi connectivity index (χ1n) is 11.1. The van der Waals surface area contributed by atoms with E-state index in [0.717, 1.165) is 39.0 Å². The lowest BCUT2D eigenvalue weighted by atomic mass is 10.1. The van der Waals surface area contributed by atoms with E-state index in [0.29, 0.717) is 18.7 Å². The Bertz CT molecular complexity index is 1390. The molecule has 170 valence electrons. The van der Waals surface area contributed by atoms with Gasteiger partial charge in [-0.1, -0.05) is 60.7 Å². The second kappa shape index (κ2) is 9.53. The predicted octanol–water partition coefficient (Wildman–Crippen LogP) is 6.50. The summed E-state index contributed by atoms with van der Waals surface area (Å²) in [7, 11) is 1.84. The topological polar surface area (TPSA) is 51.3 Å². The van der Waals surface area contributed by atoms with Crippen LogP contribution in [0, 0.1) is 6.92 Å². The molecule has 0 atom stereocenters. The third kappa shape index (κ3) is 4.45. The molecule has 5 nitrogen and oxygen atoms in total. The lowest BCUT2D eigenvalue weighted by Crippen LogP contribution is -2.26. The van der Waals surface area contributed by atoms with E-state index in [1.807, 2.05) is 80.7 Å². The van der Waals surface area contributed by atoms with Crippen molar-refractivity contribution in [1.82, 2.24) is 14.5 Å². The maximum atomic E-state index is 13.5. The highest BCUT2D eigenvalue weighted by molar-refractivity contribution is 7.13.